The smallest absolute Gasteiger partial charge is 0.376 e. The van der Waals surface area contributed by atoms with Gasteiger partial charge in [-0.25, -0.2) is 4.98 Å². The number of piperazine rings is 1. The zero-order chi connectivity index (χ0) is 27.4. The average molecular weight is 537 g/mol. The minimum atomic E-state index is -4.38. The van der Waals surface area contributed by atoms with Crippen LogP contribution >= 0.6 is 0 Å². The number of aromatic amines is 1. The van der Waals surface area contributed by atoms with Gasteiger partial charge in [-0.15, -0.1) is 0 Å². The maximum absolute atomic E-state index is 13.0. The zero-order valence-electron chi connectivity index (χ0n) is 21.1. The van der Waals surface area contributed by atoms with Crippen molar-refractivity contribution in [3.63, 3.8) is 0 Å². The molecule has 1 fully saturated rings. The molecule has 0 saturated carbocycles. The first-order valence-corrected chi connectivity index (χ1v) is 12.6. The van der Waals surface area contributed by atoms with E-state index in [4.69, 9.17) is 4.74 Å². The van der Waals surface area contributed by atoms with Gasteiger partial charge in [0.25, 0.3) is 11.5 Å². The van der Waals surface area contributed by atoms with Crippen LogP contribution in [0.4, 0.5) is 19.1 Å². The molecule has 4 aromatic rings. The summed E-state index contributed by atoms with van der Waals surface area (Å²) in [5.74, 6) is 0.437. The molecule has 1 N–H and O–H groups in total. The highest BCUT2D eigenvalue weighted by Gasteiger charge is 2.30. The molecule has 0 bridgehead atoms. The van der Waals surface area contributed by atoms with Crippen molar-refractivity contribution in [2.24, 2.45) is 0 Å². The van der Waals surface area contributed by atoms with Crippen molar-refractivity contribution < 1.29 is 22.7 Å². The standard InChI is InChI=1S/C29H27F3N4O3/c30-29(31,32)23-5-3-4-21(18-23)19-39-17-12-20-8-10-22(11-9-20)27(38)35-13-15-36(16-14-35)28-33-25-7-2-1-6-24(25)26(37)34-28/h1-11,18H,12-17,19H2,(H,33,34,37). The highest BCUT2D eigenvalue weighted by atomic mass is 19.4. The highest BCUT2D eigenvalue weighted by Crippen LogP contribution is 2.29. The number of aromatic nitrogens is 2. The van der Waals surface area contributed by atoms with E-state index in [1.165, 1.54) is 6.07 Å². The summed E-state index contributed by atoms with van der Waals surface area (Å²) in [5.41, 5.74) is 1.77. The molecule has 0 radical (unpaired) electrons. The number of carbonyl (C=O) groups excluding carboxylic acids is 1. The average Bonchev–Trinajstić information content (AvgIpc) is 2.95. The lowest BCUT2D eigenvalue weighted by Gasteiger charge is -2.35. The lowest BCUT2D eigenvalue weighted by atomic mass is 10.1. The number of ether oxygens (including phenoxy) is 1. The van der Waals surface area contributed by atoms with Crippen LogP contribution < -0.4 is 10.5 Å². The first kappa shape index (κ1) is 26.4. The van der Waals surface area contributed by atoms with Gasteiger partial charge in [-0.3, -0.25) is 14.6 Å². The minimum Gasteiger partial charge on any atom is -0.376 e. The molecule has 0 atom stereocenters. The Morgan fingerprint density at radius 2 is 1.67 bits per heavy atom. The van der Waals surface area contributed by atoms with E-state index in [1.54, 1.807) is 41.3 Å². The number of anilines is 1. The maximum Gasteiger partial charge on any atom is 0.416 e. The third kappa shape index (κ3) is 6.28. The Kier molecular flexibility index (Phi) is 7.65. The second kappa shape index (κ2) is 11.3. The fourth-order valence-electron chi connectivity index (χ4n) is 4.56. The lowest BCUT2D eigenvalue weighted by Crippen LogP contribution is -2.49. The number of rotatable bonds is 7. The summed E-state index contributed by atoms with van der Waals surface area (Å²) < 4.78 is 44.1. The van der Waals surface area contributed by atoms with Gasteiger partial charge in [0, 0.05) is 31.7 Å². The number of alkyl halides is 3. The second-order valence-corrected chi connectivity index (χ2v) is 9.38. The van der Waals surface area contributed by atoms with Gasteiger partial charge in [-0.05, 0) is 53.9 Å². The van der Waals surface area contributed by atoms with Crippen LogP contribution in [0.1, 0.15) is 27.0 Å². The molecular weight excluding hydrogens is 509 g/mol. The number of carbonyl (C=O) groups is 1. The molecule has 0 spiro atoms. The van der Waals surface area contributed by atoms with Crippen LogP contribution in [0.25, 0.3) is 10.9 Å². The van der Waals surface area contributed by atoms with Crippen LogP contribution in [-0.2, 0) is 23.9 Å². The summed E-state index contributed by atoms with van der Waals surface area (Å²) in [7, 11) is 0. The van der Waals surface area contributed by atoms with E-state index in [0.29, 0.717) is 67.2 Å². The number of nitrogens with zero attached hydrogens (tertiary/aromatic N) is 3. The van der Waals surface area contributed by atoms with Gasteiger partial charge >= 0.3 is 6.18 Å². The predicted octanol–water partition coefficient (Wildman–Crippen LogP) is 4.66. The first-order valence-electron chi connectivity index (χ1n) is 12.6. The van der Waals surface area contributed by atoms with Gasteiger partial charge in [-0.2, -0.15) is 13.2 Å². The summed E-state index contributed by atoms with van der Waals surface area (Å²) in [6.07, 6.45) is -3.80. The van der Waals surface area contributed by atoms with Crippen LogP contribution in [0.15, 0.2) is 77.6 Å². The molecule has 0 unspecified atom stereocenters. The van der Waals surface area contributed by atoms with Crippen LogP contribution in [0.5, 0.6) is 0 Å². The third-order valence-corrected chi connectivity index (χ3v) is 6.73. The van der Waals surface area contributed by atoms with Crippen molar-refractivity contribution in [3.05, 3.63) is 105 Å². The number of hydrogen-bond donors (Lipinski definition) is 1. The van der Waals surface area contributed by atoms with Crippen LogP contribution in [0.3, 0.4) is 0 Å². The van der Waals surface area contributed by atoms with Gasteiger partial charge in [0.2, 0.25) is 5.95 Å². The normalized spacial score (nSPS) is 14.1. The molecule has 1 saturated heterocycles. The first-order chi connectivity index (χ1) is 18.8. The van der Waals surface area contributed by atoms with Gasteiger partial charge in [0.15, 0.2) is 0 Å². The van der Waals surface area contributed by atoms with Crippen molar-refractivity contribution in [2.75, 3.05) is 37.7 Å². The summed E-state index contributed by atoms with van der Waals surface area (Å²) >= 11 is 0. The van der Waals surface area contributed by atoms with Gasteiger partial charge < -0.3 is 14.5 Å². The van der Waals surface area contributed by atoms with Gasteiger partial charge in [0.05, 0.1) is 29.7 Å². The van der Waals surface area contributed by atoms with E-state index in [-0.39, 0.29) is 18.1 Å². The zero-order valence-corrected chi connectivity index (χ0v) is 21.1. The van der Waals surface area contributed by atoms with Crippen molar-refractivity contribution in [2.45, 2.75) is 19.2 Å². The molecule has 1 aromatic heterocycles. The van der Waals surface area contributed by atoms with Crippen LogP contribution in [0, 0.1) is 0 Å². The molecule has 7 nitrogen and oxygen atoms in total. The number of fused-ring (bicyclic) bond motifs is 1. The fourth-order valence-corrected chi connectivity index (χ4v) is 4.56. The Morgan fingerprint density at radius 3 is 2.41 bits per heavy atom. The van der Waals surface area contributed by atoms with Crippen molar-refractivity contribution in [1.82, 2.24) is 14.9 Å². The molecule has 5 rings (SSSR count). The van der Waals surface area contributed by atoms with Gasteiger partial charge in [-0.1, -0.05) is 36.4 Å². The predicted molar refractivity (Wildman–Crippen MR) is 142 cm³/mol. The quantitative estimate of drug-likeness (QED) is 0.348. The molecular formula is C29H27F3N4O3. The Labute approximate surface area is 222 Å². The molecule has 10 heteroatoms. The molecule has 1 aliphatic heterocycles. The Balaban J connectivity index is 1.10. The number of benzene rings is 3. The number of amides is 1. The highest BCUT2D eigenvalue weighted by molar-refractivity contribution is 5.94. The number of nitrogens with one attached hydrogen (secondary N) is 1. The number of hydrogen-bond acceptors (Lipinski definition) is 5. The Morgan fingerprint density at radius 1 is 0.923 bits per heavy atom. The minimum absolute atomic E-state index is 0.0676. The monoisotopic (exact) mass is 536 g/mol. The molecule has 1 amide bonds. The van der Waals surface area contributed by atoms with Gasteiger partial charge in [0.1, 0.15) is 0 Å². The Bertz CT molecular complexity index is 1510. The largest absolute Gasteiger partial charge is 0.416 e. The molecule has 3 aromatic carbocycles. The van der Waals surface area contributed by atoms with Crippen molar-refractivity contribution in [1.29, 1.82) is 0 Å². The number of para-hydroxylation sites is 1. The molecule has 1 aliphatic rings. The fraction of sp³-hybridized carbons (Fsp3) is 0.276. The number of halogens is 3. The molecule has 0 aliphatic carbocycles. The van der Waals surface area contributed by atoms with E-state index in [2.05, 4.69) is 9.97 Å². The summed E-state index contributed by atoms with van der Waals surface area (Å²) in [5, 5.41) is 0.542. The van der Waals surface area contributed by atoms with E-state index >= 15 is 0 Å². The summed E-state index contributed by atoms with van der Waals surface area (Å²) in [6, 6.07) is 19.6. The SMILES string of the molecule is O=C(c1ccc(CCOCc2cccc(C(F)(F)F)c2)cc1)N1CCN(c2nc3ccccc3c(=O)[nH]2)CC1. The van der Waals surface area contributed by atoms with Crippen molar-refractivity contribution in [3.8, 4) is 0 Å². The summed E-state index contributed by atoms with van der Waals surface area (Å²) in [4.78, 5) is 36.6. The molecule has 39 heavy (non-hydrogen) atoms. The Hall–Kier alpha value is -4.18. The van der Waals surface area contributed by atoms with E-state index in [0.717, 1.165) is 17.7 Å². The number of H-pyrrole nitrogens is 1. The maximum atomic E-state index is 13.0. The van der Waals surface area contributed by atoms with E-state index in [9.17, 15) is 22.8 Å². The molecule has 202 valence electrons. The van der Waals surface area contributed by atoms with Crippen LogP contribution in [0.2, 0.25) is 0 Å². The second-order valence-electron chi connectivity index (χ2n) is 9.38. The topological polar surface area (TPSA) is 78.5 Å². The lowest BCUT2D eigenvalue weighted by molar-refractivity contribution is -0.137. The molecule has 2 heterocycles. The van der Waals surface area contributed by atoms with Crippen LogP contribution in [-0.4, -0.2) is 53.6 Å². The van der Waals surface area contributed by atoms with E-state index in [1.807, 2.05) is 23.1 Å². The van der Waals surface area contributed by atoms with E-state index < -0.39 is 11.7 Å². The third-order valence-electron chi connectivity index (χ3n) is 6.73. The van der Waals surface area contributed by atoms with Crippen molar-refractivity contribution >= 4 is 22.8 Å². The summed E-state index contributed by atoms with van der Waals surface area (Å²) in [6.45, 7) is 2.54.